The van der Waals surface area contributed by atoms with E-state index >= 15 is 0 Å². The van der Waals surface area contributed by atoms with Crippen molar-refractivity contribution in [2.75, 3.05) is 6.54 Å². The number of aliphatic carboxylic acids is 1. The second-order valence-corrected chi connectivity index (χ2v) is 10.6. The van der Waals surface area contributed by atoms with Gasteiger partial charge in [0.05, 0.1) is 0 Å². The predicted molar refractivity (Wildman–Crippen MR) is 140 cm³/mol. The average molecular weight is 511 g/mol. The number of hydrogen-bond donors (Lipinski definition) is 3. The van der Waals surface area contributed by atoms with Gasteiger partial charge in [-0.15, -0.1) is 0 Å². The number of carbonyl (C=O) groups excluding carboxylic acids is 2. The summed E-state index contributed by atoms with van der Waals surface area (Å²) in [5.41, 5.74) is 1.27. The molecule has 0 spiro atoms. The molecule has 0 bridgehead atoms. The molecule has 8 nitrogen and oxygen atoms in total. The summed E-state index contributed by atoms with van der Waals surface area (Å²) >= 11 is 0. The number of carboxylic acids is 1. The lowest BCUT2D eigenvalue weighted by Gasteiger charge is -2.29. The molecule has 2 aromatic carbocycles. The zero-order valence-electron chi connectivity index (χ0n) is 21.9. The van der Waals surface area contributed by atoms with Gasteiger partial charge in [0.25, 0.3) is 0 Å². The summed E-state index contributed by atoms with van der Waals surface area (Å²) in [5, 5.41) is 15.3. The molecule has 3 N–H and O–H groups in total. The zero-order valence-corrected chi connectivity index (χ0v) is 21.9. The Morgan fingerprint density at radius 1 is 0.973 bits per heavy atom. The molecular weight excluding hydrogens is 472 g/mol. The fraction of sp³-hybridized carbons (Fsp3) is 0.483. The molecular formula is C29H38N2O6. The van der Waals surface area contributed by atoms with E-state index in [1.165, 1.54) is 0 Å². The van der Waals surface area contributed by atoms with Crippen molar-refractivity contribution in [2.24, 2.45) is 11.8 Å². The molecule has 1 saturated carbocycles. The summed E-state index contributed by atoms with van der Waals surface area (Å²) in [6.45, 7) is 6.37. The van der Waals surface area contributed by atoms with Gasteiger partial charge in [0, 0.05) is 18.9 Å². The zero-order chi connectivity index (χ0) is 26.8. The van der Waals surface area contributed by atoms with Gasteiger partial charge in [0.15, 0.2) is 0 Å². The molecule has 0 aliphatic heterocycles. The molecule has 1 atom stereocenters. The van der Waals surface area contributed by atoms with Crippen LogP contribution < -0.4 is 15.4 Å². The number of ether oxygens (including phenoxy) is 2. The van der Waals surface area contributed by atoms with E-state index in [4.69, 9.17) is 9.47 Å². The van der Waals surface area contributed by atoms with E-state index in [1.807, 2.05) is 75.4 Å². The Morgan fingerprint density at radius 2 is 1.65 bits per heavy atom. The lowest BCUT2D eigenvalue weighted by atomic mass is 9.81. The number of hydrogen-bond acceptors (Lipinski definition) is 5. The van der Waals surface area contributed by atoms with Crippen LogP contribution in [-0.2, 0) is 27.4 Å². The first-order valence-corrected chi connectivity index (χ1v) is 12.8. The smallest absolute Gasteiger partial charge is 0.407 e. The standard InChI is InChI=1S/C29H38N2O6/c1-29(2,3)37-28(35)30-18-20-12-14-23(15-13-20)26(32)31-25(27(33)34)17-22-10-7-11-24(16-22)36-19-21-8-5-4-6-9-21/h4-11,16,20,23,25H,12-15,17-19H2,1-3H3,(H,30,35)(H,31,32)(H,33,34). The number of rotatable bonds is 10. The molecule has 200 valence electrons. The van der Waals surface area contributed by atoms with Gasteiger partial charge < -0.3 is 25.2 Å². The first-order valence-electron chi connectivity index (χ1n) is 12.8. The predicted octanol–water partition coefficient (Wildman–Crippen LogP) is 4.71. The van der Waals surface area contributed by atoms with Crippen LogP contribution in [0.25, 0.3) is 0 Å². The van der Waals surface area contributed by atoms with Crippen LogP contribution in [0, 0.1) is 11.8 Å². The van der Waals surface area contributed by atoms with Gasteiger partial charge in [0.1, 0.15) is 24.0 Å². The number of carboxylic acid groups (broad SMARTS) is 1. The van der Waals surface area contributed by atoms with E-state index in [1.54, 1.807) is 0 Å². The first kappa shape index (κ1) is 28.0. The maximum absolute atomic E-state index is 12.9. The van der Waals surface area contributed by atoms with Gasteiger partial charge in [-0.1, -0.05) is 42.5 Å². The quantitative estimate of drug-likeness (QED) is 0.427. The molecule has 37 heavy (non-hydrogen) atoms. The highest BCUT2D eigenvalue weighted by Gasteiger charge is 2.30. The fourth-order valence-electron chi connectivity index (χ4n) is 4.40. The minimum absolute atomic E-state index is 0.165. The number of alkyl carbamates (subject to hydrolysis) is 1. The molecule has 1 aliphatic rings. The van der Waals surface area contributed by atoms with E-state index in [9.17, 15) is 19.5 Å². The molecule has 1 fully saturated rings. The summed E-state index contributed by atoms with van der Waals surface area (Å²) in [5.74, 6) is -0.623. The SMILES string of the molecule is CC(C)(C)OC(=O)NCC1CCC(C(=O)NC(Cc2cccc(OCc3ccccc3)c2)C(=O)O)CC1. The van der Waals surface area contributed by atoms with Gasteiger partial charge in [-0.05, 0) is 75.6 Å². The van der Waals surface area contributed by atoms with Crippen molar-refractivity contribution in [3.63, 3.8) is 0 Å². The monoisotopic (exact) mass is 510 g/mol. The molecule has 2 aromatic rings. The molecule has 1 aliphatic carbocycles. The second kappa shape index (κ2) is 13.1. The van der Waals surface area contributed by atoms with Crippen LogP contribution in [0.4, 0.5) is 4.79 Å². The van der Waals surface area contributed by atoms with Gasteiger partial charge in [-0.25, -0.2) is 9.59 Å². The minimum atomic E-state index is -1.07. The molecule has 0 heterocycles. The van der Waals surface area contributed by atoms with Crippen LogP contribution in [0.1, 0.15) is 57.6 Å². The molecule has 8 heteroatoms. The van der Waals surface area contributed by atoms with Gasteiger partial charge in [0.2, 0.25) is 5.91 Å². The summed E-state index contributed by atoms with van der Waals surface area (Å²) in [4.78, 5) is 36.7. The van der Waals surface area contributed by atoms with Gasteiger partial charge in [-0.3, -0.25) is 4.79 Å². The second-order valence-electron chi connectivity index (χ2n) is 10.6. The average Bonchev–Trinajstić information content (AvgIpc) is 2.86. The molecule has 0 radical (unpaired) electrons. The summed E-state index contributed by atoms with van der Waals surface area (Å²) in [7, 11) is 0. The topological polar surface area (TPSA) is 114 Å². The Balaban J connectivity index is 1.46. The number of carbonyl (C=O) groups is 3. The van der Waals surface area contributed by atoms with Crippen molar-refractivity contribution in [1.29, 1.82) is 0 Å². The van der Waals surface area contributed by atoms with E-state index in [-0.39, 0.29) is 24.2 Å². The molecule has 2 amide bonds. The number of amides is 2. The Bertz CT molecular complexity index is 1040. The van der Waals surface area contributed by atoms with Crippen LogP contribution in [0.2, 0.25) is 0 Å². The van der Waals surface area contributed by atoms with E-state index < -0.39 is 23.7 Å². The lowest BCUT2D eigenvalue weighted by Crippen LogP contribution is -2.46. The number of benzene rings is 2. The highest BCUT2D eigenvalue weighted by atomic mass is 16.6. The Hall–Kier alpha value is -3.55. The molecule has 0 saturated heterocycles. The maximum Gasteiger partial charge on any atom is 0.407 e. The van der Waals surface area contributed by atoms with E-state index in [0.29, 0.717) is 31.7 Å². The van der Waals surface area contributed by atoms with Crippen LogP contribution in [0.15, 0.2) is 54.6 Å². The highest BCUT2D eigenvalue weighted by Crippen LogP contribution is 2.29. The lowest BCUT2D eigenvalue weighted by molar-refractivity contribution is -0.142. The summed E-state index contributed by atoms with van der Waals surface area (Å²) in [6.07, 6.45) is 2.60. The van der Waals surface area contributed by atoms with Crippen molar-refractivity contribution in [1.82, 2.24) is 10.6 Å². The summed E-state index contributed by atoms with van der Waals surface area (Å²) in [6, 6.07) is 16.1. The van der Waals surface area contributed by atoms with Crippen molar-refractivity contribution < 1.29 is 29.0 Å². The van der Waals surface area contributed by atoms with Crippen molar-refractivity contribution in [3.8, 4) is 5.75 Å². The Morgan fingerprint density at radius 3 is 2.30 bits per heavy atom. The van der Waals surface area contributed by atoms with Gasteiger partial charge in [-0.2, -0.15) is 0 Å². The van der Waals surface area contributed by atoms with Crippen molar-refractivity contribution >= 4 is 18.0 Å². The first-order chi connectivity index (χ1) is 17.6. The normalized spacial score (nSPS) is 18.4. The van der Waals surface area contributed by atoms with Crippen LogP contribution in [0.3, 0.4) is 0 Å². The fourth-order valence-corrected chi connectivity index (χ4v) is 4.40. The molecule has 3 rings (SSSR count). The highest BCUT2D eigenvalue weighted by molar-refractivity contribution is 5.85. The molecule has 0 aromatic heterocycles. The van der Waals surface area contributed by atoms with Gasteiger partial charge >= 0.3 is 12.1 Å². The Labute approximate surface area is 218 Å². The van der Waals surface area contributed by atoms with Crippen molar-refractivity contribution in [2.45, 2.75) is 71.1 Å². The minimum Gasteiger partial charge on any atom is -0.489 e. The summed E-state index contributed by atoms with van der Waals surface area (Å²) < 4.78 is 11.1. The third-order valence-electron chi connectivity index (χ3n) is 6.35. The third-order valence-corrected chi connectivity index (χ3v) is 6.35. The van der Waals surface area contributed by atoms with Crippen LogP contribution in [-0.4, -0.2) is 41.3 Å². The molecule has 1 unspecified atom stereocenters. The van der Waals surface area contributed by atoms with Crippen LogP contribution in [0.5, 0.6) is 5.75 Å². The Kier molecular flexibility index (Phi) is 9.94. The number of nitrogens with one attached hydrogen (secondary N) is 2. The largest absolute Gasteiger partial charge is 0.489 e. The van der Waals surface area contributed by atoms with Crippen molar-refractivity contribution in [3.05, 3.63) is 65.7 Å². The van der Waals surface area contributed by atoms with E-state index in [0.717, 1.165) is 24.0 Å². The van der Waals surface area contributed by atoms with E-state index in [2.05, 4.69) is 10.6 Å². The maximum atomic E-state index is 12.9. The van der Waals surface area contributed by atoms with Crippen LogP contribution >= 0.6 is 0 Å². The third kappa shape index (κ3) is 9.79.